The molecule has 1 unspecified atom stereocenters. The summed E-state index contributed by atoms with van der Waals surface area (Å²) in [6.07, 6.45) is 0.485. The Bertz CT molecular complexity index is 1460. The SMILES string of the molecule is COc1ccc(N(CC(=O)N(CCc2ccccc2)C(C)C(=O)NC(C)(C)C)S(=O)(=O)c2ccc(C)cc2)cc1Cl. The van der Waals surface area contributed by atoms with Crippen molar-refractivity contribution in [3.8, 4) is 5.75 Å². The van der Waals surface area contributed by atoms with Gasteiger partial charge in [-0.2, -0.15) is 0 Å². The van der Waals surface area contributed by atoms with Crippen molar-refractivity contribution in [2.75, 3.05) is 24.5 Å². The first-order valence-electron chi connectivity index (χ1n) is 13.3. The lowest BCUT2D eigenvalue weighted by atomic mass is 10.1. The second-order valence-corrected chi connectivity index (χ2v) is 13.2. The highest BCUT2D eigenvalue weighted by atomic mass is 35.5. The lowest BCUT2D eigenvalue weighted by molar-refractivity contribution is -0.139. The Hall–Kier alpha value is -3.56. The predicted octanol–water partition coefficient (Wildman–Crippen LogP) is 5.23. The number of halogens is 1. The van der Waals surface area contributed by atoms with Gasteiger partial charge in [-0.1, -0.05) is 59.6 Å². The molecule has 3 aromatic carbocycles. The number of anilines is 1. The second-order valence-electron chi connectivity index (χ2n) is 10.9. The van der Waals surface area contributed by atoms with Gasteiger partial charge < -0.3 is 15.0 Å². The Balaban J connectivity index is 2.02. The van der Waals surface area contributed by atoms with E-state index in [1.807, 2.05) is 58.0 Å². The van der Waals surface area contributed by atoms with Gasteiger partial charge in [0.05, 0.1) is 22.7 Å². The molecular formula is C31H38ClN3O5S. The molecule has 41 heavy (non-hydrogen) atoms. The third kappa shape index (κ3) is 8.47. The molecular weight excluding hydrogens is 562 g/mol. The maximum absolute atomic E-state index is 14.0. The third-order valence-electron chi connectivity index (χ3n) is 6.46. The number of amides is 2. The quantitative estimate of drug-likeness (QED) is 0.326. The largest absolute Gasteiger partial charge is 0.495 e. The first-order valence-corrected chi connectivity index (χ1v) is 15.1. The van der Waals surface area contributed by atoms with Crippen LogP contribution in [0.15, 0.2) is 77.7 Å². The number of methoxy groups -OCH3 is 1. The van der Waals surface area contributed by atoms with Crippen molar-refractivity contribution < 1.29 is 22.7 Å². The van der Waals surface area contributed by atoms with Crippen LogP contribution in [0.25, 0.3) is 0 Å². The molecule has 0 aromatic heterocycles. The van der Waals surface area contributed by atoms with Gasteiger partial charge in [0.2, 0.25) is 11.8 Å². The highest BCUT2D eigenvalue weighted by Gasteiger charge is 2.33. The Morgan fingerprint density at radius 2 is 1.63 bits per heavy atom. The van der Waals surface area contributed by atoms with E-state index in [2.05, 4.69) is 5.32 Å². The molecule has 0 bridgehead atoms. The van der Waals surface area contributed by atoms with Crippen molar-refractivity contribution in [3.63, 3.8) is 0 Å². The maximum atomic E-state index is 14.0. The summed E-state index contributed by atoms with van der Waals surface area (Å²) in [7, 11) is -2.73. The molecule has 3 aromatic rings. The molecule has 0 aliphatic rings. The molecule has 0 saturated carbocycles. The molecule has 0 aliphatic heterocycles. The maximum Gasteiger partial charge on any atom is 0.264 e. The molecule has 0 heterocycles. The van der Waals surface area contributed by atoms with E-state index < -0.39 is 34.1 Å². The average molecular weight is 600 g/mol. The number of nitrogens with one attached hydrogen (secondary N) is 1. The number of nitrogens with zero attached hydrogens (tertiary/aromatic N) is 2. The van der Waals surface area contributed by atoms with Crippen LogP contribution in [0.5, 0.6) is 5.75 Å². The molecule has 0 radical (unpaired) electrons. The Morgan fingerprint density at radius 3 is 2.20 bits per heavy atom. The van der Waals surface area contributed by atoms with Crippen LogP contribution in [-0.2, 0) is 26.0 Å². The van der Waals surface area contributed by atoms with Crippen molar-refractivity contribution in [1.82, 2.24) is 10.2 Å². The topological polar surface area (TPSA) is 96.0 Å². The van der Waals surface area contributed by atoms with Gasteiger partial charge in [0.15, 0.2) is 0 Å². The highest BCUT2D eigenvalue weighted by Crippen LogP contribution is 2.32. The van der Waals surface area contributed by atoms with Gasteiger partial charge in [0.25, 0.3) is 10.0 Å². The van der Waals surface area contributed by atoms with E-state index in [1.54, 1.807) is 25.1 Å². The fourth-order valence-corrected chi connectivity index (χ4v) is 5.88. The van der Waals surface area contributed by atoms with Crippen LogP contribution in [0.1, 0.15) is 38.8 Å². The molecule has 8 nitrogen and oxygen atoms in total. The van der Waals surface area contributed by atoms with Crippen molar-refractivity contribution in [1.29, 1.82) is 0 Å². The zero-order valence-electron chi connectivity index (χ0n) is 24.3. The molecule has 10 heteroatoms. The standard InChI is InChI=1S/C31H38ClN3O5S/c1-22-12-15-26(16-13-22)41(38,39)35(25-14-17-28(40-6)27(32)20-25)21-29(36)34(19-18-24-10-8-7-9-11-24)23(2)30(37)33-31(3,4)5/h7-17,20,23H,18-19,21H2,1-6H3,(H,33,37). The van der Waals surface area contributed by atoms with E-state index in [4.69, 9.17) is 16.3 Å². The fraction of sp³-hybridized carbons (Fsp3) is 0.355. The zero-order valence-corrected chi connectivity index (χ0v) is 25.9. The summed E-state index contributed by atoms with van der Waals surface area (Å²) in [5, 5.41) is 3.12. The van der Waals surface area contributed by atoms with E-state index in [0.717, 1.165) is 15.4 Å². The number of hydrogen-bond donors (Lipinski definition) is 1. The Kier molecular flexibility index (Phi) is 10.4. The monoisotopic (exact) mass is 599 g/mol. The van der Waals surface area contributed by atoms with Gasteiger partial charge in [-0.3, -0.25) is 13.9 Å². The predicted molar refractivity (Wildman–Crippen MR) is 163 cm³/mol. The number of ether oxygens (including phenoxy) is 1. The molecule has 1 N–H and O–H groups in total. The first-order chi connectivity index (χ1) is 19.2. The van der Waals surface area contributed by atoms with Gasteiger partial charge in [-0.15, -0.1) is 0 Å². The lowest BCUT2D eigenvalue weighted by Gasteiger charge is -2.33. The van der Waals surface area contributed by atoms with Crippen LogP contribution in [0, 0.1) is 6.92 Å². The van der Waals surface area contributed by atoms with E-state index in [-0.39, 0.29) is 28.1 Å². The molecule has 0 aliphatic carbocycles. The minimum absolute atomic E-state index is 0.0252. The van der Waals surface area contributed by atoms with Crippen molar-refractivity contribution >= 4 is 39.1 Å². The number of aryl methyl sites for hydroxylation is 1. The van der Waals surface area contributed by atoms with Crippen LogP contribution >= 0.6 is 11.6 Å². The summed E-state index contributed by atoms with van der Waals surface area (Å²) in [5.41, 5.74) is 1.56. The first kappa shape index (κ1) is 32.0. The molecule has 0 fully saturated rings. The van der Waals surface area contributed by atoms with Gasteiger partial charge in [0, 0.05) is 12.1 Å². The molecule has 3 rings (SSSR count). The van der Waals surface area contributed by atoms with Crippen LogP contribution in [0.2, 0.25) is 5.02 Å². The van der Waals surface area contributed by atoms with E-state index in [1.165, 1.54) is 36.3 Å². The number of benzene rings is 3. The molecule has 220 valence electrons. The highest BCUT2D eigenvalue weighted by molar-refractivity contribution is 7.92. The number of hydrogen-bond acceptors (Lipinski definition) is 5. The van der Waals surface area contributed by atoms with Crippen LogP contribution in [0.3, 0.4) is 0 Å². The van der Waals surface area contributed by atoms with Gasteiger partial charge in [-0.25, -0.2) is 8.42 Å². The van der Waals surface area contributed by atoms with E-state index in [0.29, 0.717) is 12.2 Å². The normalized spacial score (nSPS) is 12.4. The van der Waals surface area contributed by atoms with Gasteiger partial charge >= 0.3 is 0 Å². The molecule has 1 atom stereocenters. The van der Waals surface area contributed by atoms with Gasteiger partial charge in [-0.05, 0) is 76.9 Å². The van der Waals surface area contributed by atoms with Crippen molar-refractivity contribution in [2.24, 2.45) is 0 Å². The van der Waals surface area contributed by atoms with Crippen molar-refractivity contribution in [3.05, 3.63) is 88.9 Å². The summed E-state index contributed by atoms with van der Waals surface area (Å²) in [6, 6.07) is 19.7. The van der Waals surface area contributed by atoms with Crippen LogP contribution < -0.4 is 14.4 Å². The summed E-state index contributed by atoms with van der Waals surface area (Å²) < 4.78 is 34.1. The fourth-order valence-electron chi connectivity index (χ4n) is 4.22. The van der Waals surface area contributed by atoms with E-state index >= 15 is 0 Å². The number of carbonyl (C=O) groups is 2. The molecule has 0 spiro atoms. The lowest BCUT2D eigenvalue weighted by Crippen LogP contribution is -2.55. The number of rotatable bonds is 11. The summed E-state index contributed by atoms with van der Waals surface area (Å²) in [4.78, 5) is 28.6. The molecule has 2 amide bonds. The Labute approximate surface area is 248 Å². The smallest absolute Gasteiger partial charge is 0.264 e. The molecule has 0 saturated heterocycles. The summed E-state index contributed by atoms with van der Waals surface area (Å²) in [6.45, 7) is 8.75. The second kappa shape index (κ2) is 13.4. The van der Waals surface area contributed by atoms with Crippen LogP contribution in [-0.4, -0.2) is 56.9 Å². The number of carbonyl (C=O) groups excluding carboxylic acids is 2. The Morgan fingerprint density at radius 1 is 1.00 bits per heavy atom. The van der Waals surface area contributed by atoms with E-state index in [9.17, 15) is 18.0 Å². The van der Waals surface area contributed by atoms with Crippen LogP contribution in [0.4, 0.5) is 5.69 Å². The van der Waals surface area contributed by atoms with Crippen molar-refractivity contribution in [2.45, 2.75) is 57.5 Å². The minimum atomic E-state index is -4.19. The summed E-state index contributed by atoms with van der Waals surface area (Å²) >= 11 is 6.37. The summed E-state index contributed by atoms with van der Waals surface area (Å²) in [5.74, 6) is -0.495. The zero-order chi connectivity index (χ0) is 30.4. The minimum Gasteiger partial charge on any atom is -0.495 e. The third-order valence-corrected chi connectivity index (χ3v) is 8.54. The number of sulfonamides is 1. The average Bonchev–Trinajstić information content (AvgIpc) is 2.91. The van der Waals surface area contributed by atoms with Gasteiger partial charge in [0.1, 0.15) is 18.3 Å².